The van der Waals surface area contributed by atoms with Crippen molar-refractivity contribution < 1.29 is 31.1 Å². The second-order valence-electron chi connectivity index (χ2n) is 5.81. The molecule has 4 aromatic rings. The predicted octanol–water partition coefficient (Wildman–Crippen LogP) is 3.01. The highest BCUT2D eigenvalue weighted by Gasteiger charge is 2.34. The van der Waals surface area contributed by atoms with E-state index >= 15 is 0 Å². The van der Waals surface area contributed by atoms with E-state index in [4.69, 9.17) is 0 Å². The minimum Gasteiger partial charge on any atom is -0.244 e. The van der Waals surface area contributed by atoms with Gasteiger partial charge >= 0.3 is 18.4 Å². The second-order valence-corrected chi connectivity index (χ2v) is 5.81. The molecule has 0 aromatic carbocycles. The Morgan fingerprint density at radius 3 is 1.37 bits per heavy atom. The number of hydrogen-bond acceptors (Lipinski definition) is 5. The minimum absolute atomic E-state index is 0.0619. The third-order valence-corrected chi connectivity index (χ3v) is 3.77. The van der Waals surface area contributed by atoms with Gasteiger partial charge in [-0.25, -0.2) is 14.2 Å². The minimum atomic E-state index is -4.63. The summed E-state index contributed by atoms with van der Waals surface area (Å²) in [5, 5.41) is 14.4. The number of carbonyl (C=O) groups excluding carboxylic acids is 1. The van der Waals surface area contributed by atoms with Gasteiger partial charge in [-0.05, 0) is 12.1 Å². The zero-order chi connectivity index (χ0) is 21.7. The molecule has 0 saturated heterocycles. The summed E-state index contributed by atoms with van der Waals surface area (Å²) in [5.74, 6) is -0.124. The summed E-state index contributed by atoms with van der Waals surface area (Å²) < 4.78 is 79.1. The molecule has 0 aliphatic rings. The summed E-state index contributed by atoms with van der Waals surface area (Å²) in [6.45, 7) is 0. The van der Waals surface area contributed by atoms with Crippen molar-refractivity contribution in [2.45, 2.75) is 12.4 Å². The molecule has 0 amide bonds. The molecule has 156 valence electrons. The first-order valence-corrected chi connectivity index (χ1v) is 7.95. The molecule has 0 atom stereocenters. The quantitative estimate of drug-likeness (QED) is 0.457. The van der Waals surface area contributed by atoms with Crippen molar-refractivity contribution in [1.29, 1.82) is 0 Å². The van der Waals surface area contributed by atoms with Gasteiger partial charge in [0.25, 0.3) is 0 Å². The molecular weight excluding hydrogens is 422 g/mol. The Labute approximate surface area is 161 Å². The highest BCUT2D eigenvalue weighted by Crippen LogP contribution is 2.28. The molecule has 30 heavy (non-hydrogen) atoms. The summed E-state index contributed by atoms with van der Waals surface area (Å²) in [6.07, 6.45) is -4.86. The first-order chi connectivity index (χ1) is 14.0. The maximum Gasteiger partial charge on any atom is 0.435 e. The van der Waals surface area contributed by atoms with Crippen LogP contribution in [0.4, 0.5) is 31.1 Å². The smallest absolute Gasteiger partial charge is 0.244 e. The number of rotatable bonds is 2. The van der Waals surface area contributed by atoms with E-state index in [1.165, 1.54) is 24.5 Å². The van der Waals surface area contributed by atoms with E-state index in [0.717, 1.165) is 43.3 Å². The summed E-state index contributed by atoms with van der Waals surface area (Å²) in [7, 11) is 0. The average Bonchev–Trinajstić information content (AvgIpc) is 3.46. The Morgan fingerprint density at radius 1 is 0.633 bits per heavy atom. The highest BCUT2D eigenvalue weighted by molar-refractivity contribution is 5.77. The van der Waals surface area contributed by atoms with Crippen LogP contribution in [0, 0.1) is 0 Å². The molecule has 9 nitrogen and oxygen atoms in total. The van der Waals surface area contributed by atoms with E-state index < -0.39 is 29.8 Å². The molecular formula is C15H8F6N8O. The fraction of sp³-hybridized carbons (Fsp3) is 0.133. The van der Waals surface area contributed by atoms with E-state index in [-0.39, 0.29) is 11.6 Å². The van der Waals surface area contributed by atoms with Crippen LogP contribution in [0.25, 0.3) is 11.6 Å². The van der Waals surface area contributed by atoms with Gasteiger partial charge in [0.2, 0.25) is 0 Å². The summed E-state index contributed by atoms with van der Waals surface area (Å²) >= 11 is 0. The highest BCUT2D eigenvalue weighted by atomic mass is 19.4. The van der Waals surface area contributed by atoms with Crippen molar-refractivity contribution in [2.75, 3.05) is 0 Å². The van der Waals surface area contributed by atoms with Crippen LogP contribution in [0.15, 0.2) is 49.1 Å². The lowest BCUT2D eigenvalue weighted by atomic mass is 10.4. The zero-order valence-corrected chi connectivity index (χ0v) is 14.4. The van der Waals surface area contributed by atoms with Gasteiger partial charge in [-0.2, -0.15) is 45.9 Å². The van der Waals surface area contributed by atoms with Crippen LogP contribution >= 0.6 is 0 Å². The molecule has 15 heteroatoms. The first kappa shape index (κ1) is 19.4. The van der Waals surface area contributed by atoms with Gasteiger partial charge in [-0.15, -0.1) is 10.2 Å². The lowest BCUT2D eigenvalue weighted by molar-refractivity contribution is -0.142. The number of aromatic nitrogens is 8. The van der Waals surface area contributed by atoms with E-state index in [2.05, 4.69) is 20.4 Å². The zero-order valence-electron chi connectivity index (χ0n) is 14.4. The van der Waals surface area contributed by atoms with Crippen LogP contribution in [0.3, 0.4) is 0 Å². The monoisotopic (exact) mass is 430 g/mol. The van der Waals surface area contributed by atoms with Crippen molar-refractivity contribution in [3.8, 4) is 11.6 Å². The van der Waals surface area contributed by atoms with E-state index in [0.29, 0.717) is 0 Å². The van der Waals surface area contributed by atoms with Crippen LogP contribution in [-0.2, 0) is 12.4 Å². The fourth-order valence-corrected chi connectivity index (χ4v) is 2.40. The van der Waals surface area contributed by atoms with E-state index in [9.17, 15) is 31.1 Å². The van der Waals surface area contributed by atoms with Crippen molar-refractivity contribution in [2.24, 2.45) is 0 Å². The molecule has 0 bridgehead atoms. The Hall–Kier alpha value is -3.91. The lowest BCUT2D eigenvalue weighted by Crippen LogP contribution is -2.21. The van der Waals surface area contributed by atoms with Crippen LogP contribution in [-0.4, -0.2) is 45.2 Å². The van der Waals surface area contributed by atoms with Crippen molar-refractivity contribution in [3.05, 3.63) is 60.4 Å². The fourth-order valence-electron chi connectivity index (χ4n) is 2.40. The molecule has 0 aliphatic heterocycles. The van der Waals surface area contributed by atoms with Crippen molar-refractivity contribution in [3.63, 3.8) is 0 Å². The van der Waals surface area contributed by atoms with Crippen LogP contribution in [0.5, 0.6) is 0 Å². The molecule has 0 N–H and O–H groups in total. The number of halogens is 6. The third kappa shape index (κ3) is 3.56. The number of carbonyl (C=O) groups is 1. The predicted molar refractivity (Wildman–Crippen MR) is 84.9 cm³/mol. The number of nitrogens with zero attached hydrogens (tertiary/aromatic N) is 8. The van der Waals surface area contributed by atoms with Gasteiger partial charge in [0.05, 0.1) is 0 Å². The maximum absolute atomic E-state index is 12.6. The standard InChI is InChI=1S/C15H8F6N8O/c16-14(17,18)9-1-5-26(22-9)11-3-7-28(24-11)13(30)29-8-4-12(25-29)27-6-2-10(23-27)15(19,20)21/h1-8H. The Balaban J connectivity index is 1.55. The third-order valence-electron chi connectivity index (χ3n) is 3.77. The van der Waals surface area contributed by atoms with Gasteiger partial charge in [-0.3, -0.25) is 0 Å². The SMILES string of the molecule is O=C(n1ccc(-n2ccc(C(F)(F)F)n2)n1)n1ccc(-n2ccc(C(F)(F)F)n2)n1. The molecule has 0 radical (unpaired) electrons. The topological polar surface area (TPSA) is 88.4 Å². The van der Waals surface area contributed by atoms with Gasteiger partial charge in [-0.1, -0.05) is 0 Å². The molecule has 4 aromatic heterocycles. The number of hydrogen-bond donors (Lipinski definition) is 0. The molecule has 0 unspecified atom stereocenters. The average molecular weight is 430 g/mol. The molecule has 0 spiro atoms. The molecule has 4 rings (SSSR count). The summed E-state index contributed by atoms with van der Waals surface area (Å²) in [6, 6.07) is 3.16. The van der Waals surface area contributed by atoms with Crippen LogP contribution < -0.4 is 0 Å². The normalized spacial score (nSPS) is 12.5. The van der Waals surface area contributed by atoms with Gasteiger partial charge in [0.1, 0.15) is 0 Å². The van der Waals surface area contributed by atoms with Gasteiger partial charge in [0.15, 0.2) is 23.0 Å². The van der Waals surface area contributed by atoms with Crippen LogP contribution in [0.1, 0.15) is 11.4 Å². The Morgan fingerprint density at radius 2 is 1.03 bits per heavy atom. The summed E-state index contributed by atoms with van der Waals surface area (Å²) in [4.78, 5) is 12.4. The molecule has 4 heterocycles. The molecule has 0 saturated carbocycles. The van der Waals surface area contributed by atoms with Gasteiger partial charge in [0, 0.05) is 36.9 Å². The van der Waals surface area contributed by atoms with Gasteiger partial charge < -0.3 is 0 Å². The largest absolute Gasteiger partial charge is 0.435 e. The molecule has 0 fully saturated rings. The Bertz CT molecular complexity index is 1120. The number of alkyl halides is 6. The second kappa shape index (κ2) is 6.57. The molecule has 0 aliphatic carbocycles. The van der Waals surface area contributed by atoms with E-state index in [1.54, 1.807) is 0 Å². The summed E-state index contributed by atoms with van der Waals surface area (Å²) in [5.41, 5.74) is -2.25. The maximum atomic E-state index is 12.6. The van der Waals surface area contributed by atoms with Crippen molar-refractivity contribution in [1.82, 2.24) is 39.1 Å². The van der Waals surface area contributed by atoms with E-state index in [1.807, 2.05) is 0 Å². The first-order valence-electron chi connectivity index (χ1n) is 7.95. The van der Waals surface area contributed by atoms with Crippen molar-refractivity contribution >= 4 is 6.03 Å². The Kier molecular flexibility index (Phi) is 4.25. The van der Waals surface area contributed by atoms with Crippen LogP contribution in [0.2, 0.25) is 0 Å². The lowest BCUT2D eigenvalue weighted by Gasteiger charge is -2.02.